The van der Waals surface area contributed by atoms with Crippen LogP contribution in [0.4, 0.5) is 4.79 Å². The topological polar surface area (TPSA) is 203 Å². The van der Waals surface area contributed by atoms with E-state index >= 15 is 0 Å². The molecule has 218 valence electrons. The first-order valence-electron chi connectivity index (χ1n) is 13.7. The van der Waals surface area contributed by atoms with E-state index in [4.69, 9.17) is 20.7 Å². The Morgan fingerprint density at radius 2 is 1.63 bits per heavy atom. The van der Waals surface area contributed by atoms with Crippen molar-refractivity contribution in [1.29, 1.82) is 0 Å². The average Bonchev–Trinajstić information content (AvgIpc) is 2.99. The van der Waals surface area contributed by atoms with Crippen molar-refractivity contribution < 1.29 is 24.5 Å². The molecule has 2 aromatic rings. The maximum Gasteiger partial charge on any atom is 0.410 e. The third-order valence-electron chi connectivity index (χ3n) is 8.05. The van der Waals surface area contributed by atoms with Gasteiger partial charge in [0, 0.05) is 34.4 Å². The van der Waals surface area contributed by atoms with Gasteiger partial charge in [-0.1, -0.05) is 70.9 Å². The minimum absolute atomic E-state index is 0.0375. The summed E-state index contributed by atoms with van der Waals surface area (Å²) in [6.45, 7) is 2.27. The first-order chi connectivity index (χ1) is 19.8. The minimum Gasteiger partial charge on any atom is -0.445 e. The summed E-state index contributed by atoms with van der Waals surface area (Å²) in [5.74, 6) is -0.844. The SMILES string of the molecule is C[C@H]([C@@H]1CC[C@@H](N)[C@@H](C2C(N=[N+]=[N-])CC(N=[N+]=[N-])[C@H](O)[C@H]2O)O1)N(Cc1ccccc1)C(=O)OCc1ccccc1. The number of nitrogens with two attached hydrogens (primary N) is 1. The number of aliphatic hydroxyl groups excluding tert-OH is 2. The van der Waals surface area contributed by atoms with Crippen LogP contribution in [0, 0.1) is 5.92 Å². The van der Waals surface area contributed by atoms with Crippen LogP contribution in [0.15, 0.2) is 70.9 Å². The molecule has 1 amide bonds. The fourth-order valence-corrected chi connectivity index (χ4v) is 5.79. The number of azide groups is 2. The van der Waals surface area contributed by atoms with E-state index in [0.29, 0.717) is 12.8 Å². The number of carbonyl (C=O) groups excluding carboxylic acids is 1. The fraction of sp³-hybridized carbons (Fsp3) is 0.536. The van der Waals surface area contributed by atoms with Gasteiger partial charge in [-0.05, 0) is 48.4 Å². The number of hydrogen-bond acceptors (Lipinski definition) is 8. The molecule has 4 N–H and O–H groups in total. The van der Waals surface area contributed by atoms with Crippen molar-refractivity contribution in [2.24, 2.45) is 21.9 Å². The van der Waals surface area contributed by atoms with Crippen LogP contribution < -0.4 is 5.73 Å². The highest BCUT2D eigenvalue weighted by atomic mass is 16.6. The molecule has 1 heterocycles. The lowest BCUT2D eigenvalue weighted by molar-refractivity contribution is -0.163. The van der Waals surface area contributed by atoms with Crippen LogP contribution in [0.2, 0.25) is 0 Å². The Labute approximate surface area is 238 Å². The number of rotatable bonds is 9. The second kappa shape index (κ2) is 14.2. The Morgan fingerprint density at radius 3 is 2.27 bits per heavy atom. The zero-order valence-corrected chi connectivity index (χ0v) is 22.8. The van der Waals surface area contributed by atoms with Crippen molar-refractivity contribution in [2.75, 3.05) is 0 Å². The van der Waals surface area contributed by atoms with E-state index in [1.807, 2.05) is 67.6 Å². The molecule has 1 saturated heterocycles. The monoisotopic (exact) mass is 564 g/mol. The summed E-state index contributed by atoms with van der Waals surface area (Å²) in [6, 6.07) is 16.2. The van der Waals surface area contributed by atoms with Gasteiger partial charge in [-0.2, -0.15) is 0 Å². The van der Waals surface area contributed by atoms with Gasteiger partial charge in [0.2, 0.25) is 0 Å². The molecule has 2 fully saturated rings. The molecule has 1 aliphatic carbocycles. The summed E-state index contributed by atoms with van der Waals surface area (Å²) >= 11 is 0. The molecule has 0 bridgehead atoms. The first kappa shape index (κ1) is 30.1. The standard InChI is InChI=1S/C28H36N8O5/c1-17(36(15-18-8-4-2-5-9-18)28(39)40-16-19-10-6-3-7-11-19)23-13-12-20(29)27(41-23)24-21(32-34-30)14-22(33-35-31)25(37)26(24)38/h2-11,17,20-27,37-38H,12-16,29H2,1H3/t17-,20-,21?,22?,23+,24?,25+,26+,27+/m1/s1. The van der Waals surface area contributed by atoms with Gasteiger partial charge < -0.3 is 25.4 Å². The Hall–Kier alpha value is -3.83. The minimum atomic E-state index is -1.41. The first-order valence-corrected chi connectivity index (χ1v) is 13.7. The second-order valence-electron chi connectivity index (χ2n) is 10.6. The normalized spacial score (nSPS) is 30.2. The lowest BCUT2D eigenvalue weighted by Gasteiger charge is -2.48. The molecule has 2 aromatic carbocycles. The number of hydrogen-bond donors (Lipinski definition) is 3. The molecule has 0 spiro atoms. The van der Waals surface area contributed by atoms with E-state index in [1.54, 1.807) is 4.90 Å². The third-order valence-corrected chi connectivity index (χ3v) is 8.05. The molecule has 1 aliphatic heterocycles. The molecule has 9 atom stereocenters. The summed E-state index contributed by atoms with van der Waals surface area (Å²) in [7, 11) is 0. The van der Waals surface area contributed by atoms with Gasteiger partial charge in [0.1, 0.15) is 6.61 Å². The van der Waals surface area contributed by atoms with Crippen molar-refractivity contribution in [3.8, 4) is 0 Å². The summed E-state index contributed by atoms with van der Waals surface area (Å²) in [6.07, 6.45) is -3.48. The Bertz CT molecular complexity index is 1240. The molecule has 0 radical (unpaired) electrons. The molecular formula is C28H36N8O5. The molecule has 41 heavy (non-hydrogen) atoms. The zero-order chi connectivity index (χ0) is 29.4. The predicted octanol–water partition coefficient (Wildman–Crippen LogP) is 4.19. The summed E-state index contributed by atoms with van der Waals surface area (Å²) in [5, 5.41) is 29.1. The van der Waals surface area contributed by atoms with Gasteiger partial charge >= 0.3 is 6.09 Å². The van der Waals surface area contributed by atoms with E-state index in [9.17, 15) is 20.5 Å². The highest BCUT2D eigenvalue weighted by Gasteiger charge is 2.50. The van der Waals surface area contributed by atoms with Gasteiger partial charge in [0.15, 0.2) is 0 Å². The number of aliphatic hydroxyl groups is 2. The zero-order valence-electron chi connectivity index (χ0n) is 22.8. The van der Waals surface area contributed by atoms with Gasteiger partial charge in [-0.25, -0.2) is 4.79 Å². The lowest BCUT2D eigenvalue weighted by Crippen LogP contribution is -2.62. The van der Waals surface area contributed by atoms with Gasteiger partial charge in [-0.3, -0.25) is 4.90 Å². The predicted molar refractivity (Wildman–Crippen MR) is 150 cm³/mol. The largest absolute Gasteiger partial charge is 0.445 e. The van der Waals surface area contributed by atoms with Crippen molar-refractivity contribution in [3.05, 3.63) is 92.7 Å². The number of nitrogens with zero attached hydrogens (tertiary/aromatic N) is 7. The maximum atomic E-state index is 13.4. The molecule has 13 nitrogen and oxygen atoms in total. The summed E-state index contributed by atoms with van der Waals surface area (Å²) in [4.78, 5) is 20.7. The smallest absolute Gasteiger partial charge is 0.410 e. The summed E-state index contributed by atoms with van der Waals surface area (Å²) in [5.41, 5.74) is 26.3. The van der Waals surface area contributed by atoms with E-state index in [2.05, 4.69) is 20.1 Å². The Balaban J connectivity index is 1.55. The van der Waals surface area contributed by atoms with E-state index < -0.39 is 60.6 Å². The number of carbonyl (C=O) groups is 1. The van der Waals surface area contributed by atoms with Crippen molar-refractivity contribution in [2.45, 2.75) is 87.9 Å². The van der Waals surface area contributed by atoms with E-state index in [-0.39, 0.29) is 19.6 Å². The molecule has 1 saturated carbocycles. The second-order valence-corrected chi connectivity index (χ2v) is 10.6. The van der Waals surface area contributed by atoms with Gasteiger partial charge in [0.25, 0.3) is 0 Å². The lowest BCUT2D eigenvalue weighted by atomic mass is 9.72. The Kier molecular flexibility index (Phi) is 10.4. The maximum absolute atomic E-state index is 13.4. The summed E-state index contributed by atoms with van der Waals surface area (Å²) < 4.78 is 12.2. The van der Waals surface area contributed by atoms with Crippen LogP contribution in [0.3, 0.4) is 0 Å². The van der Waals surface area contributed by atoms with Crippen LogP contribution in [0.25, 0.3) is 20.9 Å². The molecule has 13 heteroatoms. The van der Waals surface area contributed by atoms with Gasteiger partial charge in [0.05, 0.1) is 36.5 Å². The van der Waals surface area contributed by atoms with E-state index in [1.165, 1.54) is 0 Å². The molecule has 2 aliphatic rings. The van der Waals surface area contributed by atoms with Gasteiger partial charge in [-0.15, -0.1) is 0 Å². The quantitative estimate of drug-likeness (QED) is 0.231. The molecule has 3 unspecified atom stereocenters. The number of amides is 1. The van der Waals surface area contributed by atoms with Crippen molar-refractivity contribution in [3.63, 3.8) is 0 Å². The fourth-order valence-electron chi connectivity index (χ4n) is 5.79. The molecule has 0 aromatic heterocycles. The third kappa shape index (κ3) is 7.28. The van der Waals surface area contributed by atoms with Crippen molar-refractivity contribution in [1.82, 2.24) is 4.90 Å². The van der Waals surface area contributed by atoms with Crippen LogP contribution in [-0.4, -0.2) is 69.8 Å². The van der Waals surface area contributed by atoms with E-state index in [0.717, 1.165) is 11.1 Å². The van der Waals surface area contributed by atoms with Crippen LogP contribution in [-0.2, 0) is 22.6 Å². The highest BCUT2D eigenvalue weighted by Crippen LogP contribution is 2.38. The average molecular weight is 565 g/mol. The number of benzene rings is 2. The van der Waals surface area contributed by atoms with Crippen molar-refractivity contribution >= 4 is 6.09 Å². The van der Waals surface area contributed by atoms with Crippen LogP contribution in [0.5, 0.6) is 0 Å². The van der Waals surface area contributed by atoms with Crippen LogP contribution in [0.1, 0.15) is 37.3 Å². The molecular weight excluding hydrogens is 528 g/mol. The van der Waals surface area contributed by atoms with Crippen LogP contribution >= 0.6 is 0 Å². The number of ether oxygens (including phenoxy) is 2. The molecule has 4 rings (SSSR count). The Morgan fingerprint density at radius 1 is 1.02 bits per heavy atom. The highest BCUT2D eigenvalue weighted by molar-refractivity contribution is 5.68.